The molecule has 0 saturated carbocycles. The number of thioether (sulfide) groups is 1. The third-order valence-electron chi connectivity index (χ3n) is 4.63. The number of sulfonamides is 1. The summed E-state index contributed by atoms with van der Waals surface area (Å²) in [7, 11) is -3.58. The summed E-state index contributed by atoms with van der Waals surface area (Å²) < 4.78 is 27.5. The lowest BCUT2D eigenvalue weighted by atomic mass is 10.1. The van der Waals surface area contributed by atoms with E-state index in [1.54, 1.807) is 41.8 Å². The van der Waals surface area contributed by atoms with Crippen LogP contribution in [0.3, 0.4) is 0 Å². The summed E-state index contributed by atoms with van der Waals surface area (Å²) in [6, 6.07) is 18.3. The number of thiazole rings is 1. The fourth-order valence-corrected chi connectivity index (χ4v) is 6.52. The van der Waals surface area contributed by atoms with Crippen molar-refractivity contribution in [3.63, 3.8) is 0 Å². The van der Waals surface area contributed by atoms with Gasteiger partial charge in [-0.3, -0.25) is 9.52 Å². The van der Waals surface area contributed by atoms with E-state index in [4.69, 9.17) is 0 Å². The molecule has 4 rings (SSSR count). The second kappa shape index (κ2) is 10.1. The number of anilines is 2. The highest BCUT2D eigenvalue weighted by Gasteiger charge is 2.18. The van der Waals surface area contributed by atoms with Gasteiger partial charge in [0.05, 0.1) is 10.9 Å². The standard InChI is InChI=1S/C23H21N3O3S4/c1-15-5-7-17(8-6-15)20-14-31-23(24-20)25-22(27)16(2)32-19-11-9-18(10-12-19)26-33(28,29)21-4-3-13-30-21/h3-14,16,26H,1-2H3,(H,24,25,27). The monoisotopic (exact) mass is 515 g/mol. The first kappa shape index (κ1) is 23.5. The van der Waals surface area contributed by atoms with E-state index >= 15 is 0 Å². The number of nitrogens with one attached hydrogen (secondary N) is 2. The van der Waals surface area contributed by atoms with Crippen LogP contribution >= 0.6 is 34.4 Å². The fourth-order valence-electron chi connectivity index (χ4n) is 2.88. The highest BCUT2D eigenvalue weighted by atomic mass is 32.2. The van der Waals surface area contributed by atoms with E-state index in [0.717, 1.165) is 27.5 Å². The van der Waals surface area contributed by atoms with Gasteiger partial charge in [0.2, 0.25) is 5.91 Å². The van der Waals surface area contributed by atoms with Gasteiger partial charge < -0.3 is 5.32 Å². The average Bonchev–Trinajstić information content (AvgIpc) is 3.48. The molecule has 2 aromatic heterocycles. The summed E-state index contributed by atoms with van der Waals surface area (Å²) in [5, 5.41) is 6.72. The number of carbonyl (C=O) groups is 1. The number of carbonyl (C=O) groups excluding carboxylic acids is 1. The highest BCUT2D eigenvalue weighted by Crippen LogP contribution is 2.29. The smallest absolute Gasteiger partial charge is 0.271 e. The van der Waals surface area contributed by atoms with Crippen molar-refractivity contribution in [1.29, 1.82) is 0 Å². The topological polar surface area (TPSA) is 88.2 Å². The molecule has 4 aromatic rings. The number of amides is 1. The van der Waals surface area contributed by atoms with Crippen LogP contribution in [0.25, 0.3) is 11.3 Å². The second-order valence-electron chi connectivity index (χ2n) is 7.22. The van der Waals surface area contributed by atoms with E-state index in [2.05, 4.69) is 15.0 Å². The van der Waals surface area contributed by atoms with Crippen molar-refractivity contribution in [1.82, 2.24) is 4.98 Å². The Balaban J connectivity index is 1.34. The molecular weight excluding hydrogens is 495 g/mol. The zero-order chi connectivity index (χ0) is 23.4. The SMILES string of the molecule is Cc1ccc(-c2csc(NC(=O)C(C)Sc3ccc(NS(=O)(=O)c4cccs4)cc3)n2)cc1. The van der Waals surface area contributed by atoms with Crippen LogP contribution in [0.1, 0.15) is 12.5 Å². The molecule has 0 aliphatic carbocycles. The lowest BCUT2D eigenvalue weighted by molar-refractivity contribution is -0.115. The minimum Gasteiger partial charge on any atom is -0.301 e. The van der Waals surface area contributed by atoms with E-state index < -0.39 is 10.0 Å². The Morgan fingerprint density at radius 3 is 2.42 bits per heavy atom. The third kappa shape index (κ3) is 6.02. The minimum atomic E-state index is -3.58. The van der Waals surface area contributed by atoms with Crippen molar-refractivity contribution in [2.75, 3.05) is 10.0 Å². The molecule has 2 aromatic carbocycles. The Bertz CT molecular complexity index is 1330. The molecule has 1 atom stereocenters. The van der Waals surface area contributed by atoms with Gasteiger partial charge in [-0.1, -0.05) is 35.9 Å². The summed E-state index contributed by atoms with van der Waals surface area (Å²) >= 11 is 3.94. The molecule has 0 spiro atoms. The van der Waals surface area contributed by atoms with Gasteiger partial charge >= 0.3 is 0 Å². The molecule has 2 heterocycles. The first-order valence-electron chi connectivity index (χ1n) is 9.97. The summed E-state index contributed by atoms with van der Waals surface area (Å²) in [6.07, 6.45) is 0. The third-order valence-corrected chi connectivity index (χ3v) is 9.28. The van der Waals surface area contributed by atoms with Crippen LogP contribution in [-0.2, 0) is 14.8 Å². The normalized spacial score (nSPS) is 12.3. The molecule has 1 amide bonds. The Morgan fingerprint density at radius 1 is 1.03 bits per heavy atom. The van der Waals surface area contributed by atoms with Crippen molar-refractivity contribution in [3.8, 4) is 11.3 Å². The van der Waals surface area contributed by atoms with Crippen molar-refractivity contribution in [2.24, 2.45) is 0 Å². The van der Waals surface area contributed by atoms with Crippen LogP contribution in [-0.4, -0.2) is 24.6 Å². The molecule has 2 N–H and O–H groups in total. The first-order chi connectivity index (χ1) is 15.8. The number of aryl methyl sites for hydroxylation is 1. The molecule has 0 aliphatic rings. The first-order valence-corrected chi connectivity index (χ1v) is 14.1. The van der Waals surface area contributed by atoms with Gasteiger partial charge in [-0.25, -0.2) is 13.4 Å². The highest BCUT2D eigenvalue weighted by molar-refractivity contribution is 8.00. The summed E-state index contributed by atoms with van der Waals surface area (Å²) in [5.74, 6) is -0.146. The van der Waals surface area contributed by atoms with Crippen molar-refractivity contribution >= 4 is 61.2 Å². The quantitative estimate of drug-likeness (QED) is 0.277. The van der Waals surface area contributed by atoms with Gasteiger partial charge in [0, 0.05) is 21.5 Å². The van der Waals surface area contributed by atoms with Gasteiger partial charge in [-0.15, -0.1) is 34.4 Å². The van der Waals surface area contributed by atoms with Gasteiger partial charge in [0.15, 0.2) is 5.13 Å². The van der Waals surface area contributed by atoms with Crippen LogP contribution in [0.15, 0.2) is 80.5 Å². The molecule has 0 aliphatic heterocycles. The van der Waals surface area contributed by atoms with Crippen LogP contribution in [0, 0.1) is 6.92 Å². The van der Waals surface area contributed by atoms with Crippen LogP contribution in [0.4, 0.5) is 10.8 Å². The van der Waals surface area contributed by atoms with Gasteiger partial charge in [0.1, 0.15) is 4.21 Å². The number of thiophene rings is 1. The zero-order valence-corrected chi connectivity index (χ0v) is 21.1. The number of benzene rings is 2. The van der Waals surface area contributed by atoms with Crippen molar-refractivity contribution in [2.45, 2.75) is 28.2 Å². The van der Waals surface area contributed by atoms with E-state index in [-0.39, 0.29) is 15.4 Å². The predicted octanol–water partition coefficient (Wildman–Crippen LogP) is 6.10. The molecule has 6 nitrogen and oxygen atoms in total. The minimum absolute atomic E-state index is 0.146. The van der Waals surface area contributed by atoms with Crippen LogP contribution in [0.5, 0.6) is 0 Å². The maximum Gasteiger partial charge on any atom is 0.271 e. The van der Waals surface area contributed by atoms with Crippen LogP contribution < -0.4 is 10.0 Å². The maximum absolute atomic E-state index is 12.6. The average molecular weight is 516 g/mol. The molecule has 170 valence electrons. The Labute approximate surface area is 205 Å². The Hall–Kier alpha value is -2.66. The molecule has 33 heavy (non-hydrogen) atoms. The fraction of sp³-hybridized carbons (Fsp3) is 0.130. The van der Waals surface area contributed by atoms with E-state index in [0.29, 0.717) is 10.8 Å². The second-order valence-corrected chi connectivity index (χ2v) is 12.3. The summed E-state index contributed by atoms with van der Waals surface area (Å²) in [5.41, 5.74) is 3.49. The number of hydrogen-bond donors (Lipinski definition) is 2. The van der Waals surface area contributed by atoms with E-state index in [9.17, 15) is 13.2 Å². The number of aromatic nitrogens is 1. The van der Waals surface area contributed by atoms with Crippen molar-refractivity contribution < 1.29 is 13.2 Å². The van der Waals surface area contributed by atoms with E-state index in [1.807, 2.05) is 43.5 Å². The molecule has 1 unspecified atom stereocenters. The molecular formula is C23H21N3O3S4. The Kier molecular flexibility index (Phi) is 7.18. The van der Waals surface area contributed by atoms with Crippen molar-refractivity contribution in [3.05, 3.63) is 77.0 Å². The lowest BCUT2D eigenvalue weighted by Gasteiger charge is -2.11. The predicted molar refractivity (Wildman–Crippen MR) is 138 cm³/mol. The summed E-state index contributed by atoms with van der Waals surface area (Å²) in [4.78, 5) is 18.0. The number of nitrogens with zero attached hydrogens (tertiary/aromatic N) is 1. The molecule has 10 heteroatoms. The maximum atomic E-state index is 12.6. The zero-order valence-electron chi connectivity index (χ0n) is 17.8. The van der Waals surface area contributed by atoms with Gasteiger partial charge in [-0.05, 0) is 49.6 Å². The molecule has 0 bridgehead atoms. The lowest BCUT2D eigenvalue weighted by Crippen LogP contribution is -2.22. The summed E-state index contributed by atoms with van der Waals surface area (Å²) in [6.45, 7) is 3.86. The Morgan fingerprint density at radius 2 is 1.76 bits per heavy atom. The number of rotatable bonds is 8. The van der Waals surface area contributed by atoms with Gasteiger partial charge in [0.25, 0.3) is 10.0 Å². The number of hydrogen-bond acceptors (Lipinski definition) is 7. The molecule has 0 saturated heterocycles. The van der Waals surface area contributed by atoms with Gasteiger partial charge in [-0.2, -0.15) is 0 Å². The van der Waals surface area contributed by atoms with E-state index in [1.165, 1.54) is 28.7 Å². The molecule has 0 radical (unpaired) electrons. The van der Waals surface area contributed by atoms with Crippen LogP contribution in [0.2, 0.25) is 0 Å². The largest absolute Gasteiger partial charge is 0.301 e. The molecule has 0 fully saturated rings.